The van der Waals surface area contributed by atoms with Gasteiger partial charge in [-0.1, -0.05) is 23.8 Å². The number of anilines is 1. The van der Waals surface area contributed by atoms with E-state index in [0.717, 1.165) is 19.6 Å². The van der Waals surface area contributed by atoms with E-state index in [4.69, 9.17) is 0 Å². The second-order valence-corrected chi connectivity index (χ2v) is 5.62. The molecule has 2 heteroatoms. The minimum Gasteiger partial charge on any atom is -0.369 e. The molecule has 1 aliphatic heterocycles. The summed E-state index contributed by atoms with van der Waals surface area (Å²) in [6.07, 6.45) is 2.22. The van der Waals surface area contributed by atoms with Gasteiger partial charge < -0.3 is 4.90 Å². The second-order valence-electron chi connectivity index (χ2n) is 5.62. The Morgan fingerprint density at radius 1 is 1.16 bits per heavy atom. The molecule has 19 heavy (non-hydrogen) atoms. The highest BCUT2D eigenvalue weighted by Crippen LogP contribution is 2.23. The number of hydrogen-bond acceptors (Lipinski definition) is 2. The Labute approximate surface area is 117 Å². The maximum atomic E-state index is 2.55. The predicted octanol–water partition coefficient (Wildman–Crippen LogP) is 3.39. The van der Waals surface area contributed by atoms with Crippen LogP contribution in [0.1, 0.15) is 25.0 Å². The fourth-order valence-corrected chi connectivity index (χ4v) is 2.67. The number of nitrogens with zero attached hydrogens (tertiary/aromatic N) is 2. The molecule has 1 aliphatic rings. The van der Waals surface area contributed by atoms with Crippen LogP contribution in [0.25, 0.3) is 0 Å². The smallest absolute Gasteiger partial charge is 0.0399 e. The Morgan fingerprint density at radius 2 is 1.84 bits per heavy atom. The molecule has 1 aromatic carbocycles. The van der Waals surface area contributed by atoms with Crippen molar-refractivity contribution in [1.29, 1.82) is 0 Å². The van der Waals surface area contributed by atoms with Crippen molar-refractivity contribution in [2.75, 3.05) is 37.6 Å². The van der Waals surface area contributed by atoms with Gasteiger partial charge in [-0.15, -0.1) is 0 Å². The van der Waals surface area contributed by atoms with E-state index in [2.05, 4.69) is 61.8 Å². The normalized spacial score (nSPS) is 17.9. The third-order valence-corrected chi connectivity index (χ3v) is 4.25. The first-order valence-electron chi connectivity index (χ1n) is 7.27. The monoisotopic (exact) mass is 258 g/mol. The standard InChI is InChI=1S/C17H26N2/c1-5-14(2)13-18-9-11-19(12-10-18)17-8-6-7-15(3)16(17)4/h5-8H,9-13H2,1-4H3. The van der Waals surface area contributed by atoms with Crippen molar-refractivity contribution >= 4 is 5.69 Å². The quantitative estimate of drug-likeness (QED) is 0.767. The van der Waals surface area contributed by atoms with Gasteiger partial charge in [-0.25, -0.2) is 0 Å². The molecule has 0 amide bonds. The second kappa shape index (κ2) is 6.25. The molecule has 0 unspecified atom stereocenters. The van der Waals surface area contributed by atoms with Gasteiger partial charge in [0.1, 0.15) is 0 Å². The zero-order valence-corrected chi connectivity index (χ0v) is 12.7. The van der Waals surface area contributed by atoms with E-state index in [1.165, 1.54) is 35.5 Å². The van der Waals surface area contributed by atoms with E-state index in [1.54, 1.807) is 0 Å². The van der Waals surface area contributed by atoms with Gasteiger partial charge in [0.05, 0.1) is 0 Å². The van der Waals surface area contributed by atoms with Crippen LogP contribution >= 0.6 is 0 Å². The van der Waals surface area contributed by atoms with E-state index >= 15 is 0 Å². The third kappa shape index (κ3) is 3.38. The van der Waals surface area contributed by atoms with Gasteiger partial charge in [-0.05, 0) is 44.9 Å². The first-order chi connectivity index (χ1) is 9.11. The lowest BCUT2D eigenvalue weighted by molar-refractivity contribution is 0.278. The van der Waals surface area contributed by atoms with Gasteiger partial charge in [0.25, 0.3) is 0 Å². The minimum absolute atomic E-state index is 1.12. The molecule has 0 aromatic heterocycles. The minimum atomic E-state index is 1.12. The fraction of sp³-hybridized carbons (Fsp3) is 0.529. The highest BCUT2D eigenvalue weighted by molar-refractivity contribution is 5.56. The molecule has 1 fully saturated rings. The Morgan fingerprint density at radius 3 is 2.47 bits per heavy atom. The van der Waals surface area contributed by atoms with Gasteiger partial charge >= 0.3 is 0 Å². The van der Waals surface area contributed by atoms with E-state index < -0.39 is 0 Å². The number of hydrogen-bond donors (Lipinski definition) is 0. The third-order valence-electron chi connectivity index (χ3n) is 4.25. The summed E-state index contributed by atoms with van der Waals surface area (Å²) < 4.78 is 0. The van der Waals surface area contributed by atoms with E-state index in [9.17, 15) is 0 Å². The van der Waals surface area contributed by atoms with E-state index in [0.29, 0.717) is 0 Å². The summed E-state index contributed by atoms with van der Waals surface area (Å²) in [5.74, 6) is 0. The van der Waals surface area contributed by atoms with Crippen molar-refractivity contribution < 1.29 is 0 Å². The first-order valence-corrected chi connectivity index (χ1v) is 7.27. The molecule has 1 saturated heterocycles. The Hall–Kier alpha value is -1.28. The summed E-state index contributed by atoms with van der Waals surface area (Å²) in [4.78, 5) is 5.08. The SMILES string of the molecule is CC=C(C)CN1CCN(c2cccc(C)c2C)CC1. The largest absolute Gasteiger partial charge is 0.369 e. The van der Waals surface area contributed by atoms with Gasteiger partial charge in [0.2, 0.25) is 0 Å². The molecule has 1 aromatic rings. The van der Waals surface area contributed by atoms with Crippen LogP contribution in [0.4, 0.5) is 5.69 Å². The predicted molar refractivity (Wildman–Crippen MR) is 84.0 cm³/mol. The van der Waals surface area contributed by atoms with E-state index in [-0.39, 0.29) is 0 Å². The summed E-state index contributed by atoms with van der Waals surface area (Å²) in [7, 11) is 0. The number of allylic oxidation sites excluding steroid dienone is 1. The fourth-order valence-electron chi connectivity index (χ4n) is 2.67. The molecule has 0 N–H and O–H groups in total. The number of piperazine rings is 1. The maximum absolute atomic E-state index is 2.55. The van der Waals surface area contributed by atoms with Crippen LogP contribution in [0.15, 0.2) is 29.8 Å². The molecule has 2 nitrogen and oxygen atoms in total. The van der Waals surface area contributed by atoms with Gasteiger partial charge in [-0.2, -0.15) is 0 Å². The average Bonchev–Trinajstić information content (AvgIpc) is 2.43. The Balaban J connectivity index is 1.98. The molecule has 0 aliphatic carbocycles. The van der Waals surface area contributed by atoms with Crippen LogP contribution in [-0.2, 0) is 0 Å². The first kappa shape index (κ1) is 14.1. The molecule has 104 valence electrons. The van der Waals surface area contributed by atoms with Crippen LogP contribution in [0.5, 0.6) is 0 Å². The molecule has 0 atom stereocenters. The summed E-state index contributed by atoms with van der Waals surface area (Å²) in [6, 6.07) is 6.63. The van der Waals surface area contributed by atoms with Crippen LogP contribution < -0.4 is 4.90 Å². The molecular weight excluding hydrogens is 232 g/mol. The highest BCUT2D eigenvalue weighted by Gasteiger charge is 2.18. The van der Waals surface area contributed by atoms with Gasteiger partial charge in [-0.3, -0.25) is 4.90 Å². The molecule has 0 radical (unpaired) electrons. The van der Waals surface area contributed by atoms with Crippen molar-refractivity contribution in [1.82, 2.24) is 4.90 Å². The highest BCUT2D eigenvalue weighted by atomic mass is 15.3. The zero-order valence-electron chi connectivity index (χ0n) is 12.7. The number of benzene rings is 1. The molecule has 0 saturated carbocycles. The lowest BCUT2D eigenvalue weighted by Gasteiger charge is -2.37. The summed E-state index contributed by atoms with van der Waals surface area (Å²) in [6.45, 7) is 14.5. The van der Waals surface area contributed by atoms with Gasteiger partial charge in [0.15, 0.2) is 0 Å². The summed E-state index contributed by atoms with van der Waals surface area (Å²) >= 11 is 0. The molecule has 0 spiro atoms. The van der Waals surface area contributed by atoms with Crippen molar-refractivity contribution in [3.8, 4) is 0 Å². The lowest BCUT2D eigenvalue weighted by Crippen LogP contribution is -2.47. The molecular formula is C17H26N2. The van der Waals surface area contributed by atoms with Crippen LogP contribution in [0.2, 0.25) is 0 Å². The van der Waals surface area contributed by atoms with Crippen molar-refractivity contribution in [3.05, 3.63) is 41.0 Å². The topological polar surface area (TPSA) is 6.48 Å². The summed E-state index contributed by atoms with van der Waals surface area (Å²) in [5, 5.41) is 0. The van der Waals surface area contributed by atoms with Crippen molar-refractivity contribution in [2.45, 2.75) is 27.7 Å². The van der Waals surface area contributed by atoms with E-state index in [1.807, 2.05) is 0 Å². The average molecular weight is 258 g/mol. The lowest BCUT2D eigenvalue weighted by atomic mass is 10.1. The number of rotatable bonds is 3. The van der Waals surface area contributed by atoms with Gasteiger partial charge in [0, 0.05) is 38.4 Å². The Kier molecular flexibility index (Phi) is 4.65. The van der Waals surface area contributed by atoms with Crippen LogP contribution in [0, 0.1) is 13.8 Å². The molecule has 0 bridgehead atoms. The Bertz CT molecular complexity index is 454. The van der Waals surface area contributed by atoms with Crippen LogP contribution in [0.3, 0.4) is 0 Å². The zero-order chi connectivity index (χ0) is 13.8. The van der Waals surface area contributed by atoms with Crippen LogP contribution in [-0.4, -0.2) is 37.6 Å². The molecule has 2 rings (SSSR count). The number of aryl methyl sites for hydroxylation is 1. The van der Waals surface area contributed by atoms with Crippen molar-refractivity contribution in [2.24, 2.45) is 0 Å². The van der Waals surface area contributed by atoms with Crippen molar-refractivity contribution in [3.63, 3.8) is 0 Å². The molecule has 1 heterocycles. The summed E-state index contributed by atoms with van der Waals surface area (Å²) in [5.41, 5.74) is 5.72. The maximum Gasteiger partial charge on any atom is 0.0399 e.